The van der Waals surface area contributed by atoms with Crippen LogP contribution in [0.1, 0.15) is 50.7 Å². The molecule has 11 heteroatoms. The maximum absolute atomic E-state index is 13.7. The molecule has 0 bridgehead atoms. The van der Waals surface area contributed by atoms with Gasteiger partial charge < -0.3 is 27.0 Å². The molecule has 6 N–H and O–H groups in total. The summed E-state index contributed by atoms with van der Waals surface area (Å²) in [6.07, 6.45) is 8.90. The molecule has 5 amide bonds. The van der Waals surface area contributed by atoms with Crippen LogP contribution >= 0.6 is 0 Å². The van der Waals surface area contributed by atoms with Gasteiger partial charge in [-0.2, -0.15) is 0 Å². The quantitative estimate of drug-likeness (QED) is 0.145. The van der Waals surface area contributed by atoms with E-state index in [1.165, 1.54) is 6.92 Å². The maximum Gasteiger partial charge on any atom is 0.290 e. The van der Waals surface area contributed by atoms with Crippen LogP contribution in [0, 0.1) is 11.8 Å². The monoisotopic (exact) mass is 679 g/mol. The van der Waals surface area contributed by atoms with Gasteiger partial charge in [0.2, 0.25) is 29.4 Å². The Morgan fingerprint density at radius 3 is 2.14 bits per heavy atom. The Morgan fingerprint density at radius 1 is 0.780 bits per heavy atom. The minimum absolute atomic E-state index is 0.0250. The lowest BCUT2D eigenvalue weighted by molar-refractivity contribution is -0.140. The third-order valence-corrected chi connectivity index (χ3v) is 8.54. The van der Waals surface area contributed by atoms with E-state index in [2.05, 4.69) is 21.3 Å². The van der Waals surface area contributed by atoms with E-state index < -0.39 is 60.0 Å². The molecule has 262 valence electrons. The average Bonchev–Trinajstić information content (AvgIpc) is 3.10. The summed E-state index contributed by atoms with van der Waals surface area (Å²) >= 11 is 0. The zero-order valence-electron chi connectivity index (χ0n) is 28.6. The summed E-state index contributed by atoms with van der Waals surface area (Å²) in [5, 5.41) is 12.2. The van der Waals surface area contributed by atoms with E-state index in [9.17, 15) is 28.8 Å². The molecule has 1 aliphatic rings. The predicted molar refractivity (Wildman–Crippen MR) is 191 cm³/mol. The van der Waals surface area contributed by atoms with E-state index in [1.54, 1.807) is 0 Å². The number of benzene rings is 3. The van der Waals surface area contributed by atoms with Crippen molar-refractivity contribution in [2.75, 3.05) is 6.54 Å². The predicted octanol–water partition coefficient (Wildman–Crippen LogP) is 2.99. The van der Waals surface area contributed by atoms with Gasteiger partial charge in [-0.3, -0.25) is 28.8 Å². The van der Waals surface area contributed by atoms with E-state index in [0.29, 0.717) is 12.8 Å². The number of rotatable bonds is 16. The Labute approximate surface area is 292 Å². The van der Waals surface area contributed by atoms with Crippen LogP contribution < -0.4 is 27.0 Å². The summed E-state index contributed by atoms with van der Waals surface area (Å²) < 4.78 is 0. The van der Waals surface area contributed by atoms with Crippen LogP contribution in [-0.2, 0) is 35.2 Å². The number of amides is 5. The summed E-state index contributed by atoms with van der Waals surface area (Å²) in [5.41, 5.74) is 7.14. The Hall–Kier alpha value is -5.58. The summed E-state index contributed by atoms with van der Waals surface area (Å²) in [6.45, 7) is 4.58. The van der Waals surface area contributed by atoms with Crippen LogP contribution in [0.4, 0.5) is 0 Å². The second-order valence-electron chi connectivity index (χ2n) is 13.0. The summed E-state index contributed by atoms with van der Waals surface area (Å²) in [7, 11) is 0. The molecular weight excluding hydrogens is 634 g/mol. The van der Waals surface area contributed by atoms with Gasteiger partial charge in [0, 0.05) is 6.42 Å². The van der Waals surface area contributed by atoms with Gasteiger partial charge in [-0.15, -0.1) is 0 Å². The second kappa shape index (κ2) is 17.7. The van der Waals surface area contributed by atoms with E-state index in [0.717, 1.165) is 21.9 Å². The number of carbonyl (C=O) groups is 6. The van der Waals surface area contributed by atoms with E-state index >= 15 is 0 Å². The molecule has 3 aromatic rings. The first-order valence-corrected chi connectivity index (χ1v) is 16.8. The fourth-order valence-corrected chi connectivity index (χ4v) is 5.96. The van der Waals surface area contributed by atoms with Crippen LogP contribution in [0.3, 0.4) is 0 Å². The Kier molecular flexibility index (Phi) is 13.2. The number of Topliss-reactive ketones (excluding diaryl/α,β-unsaturated/α-hetero) is 1. The van der Waals surface area contributed by atoms with E-state index in [4.69, 9.17) is 5.73 Å². The molecular formula is C39H45N5O6. The Balaban J connectivity index is 1.32. The number of allylic oxidation sites excluding steroid dienone is 4. The van der Waals surface area contributed by atoms with Crippen molar-refractivity contribution in [3.8, 4) is 0 Å². The van der Waals surface area contributed by atoms with Gasteiger partial charge in [0.1, 0.15) is 12.1 Å². The van der Waals surface area contributed by atoms with Crippen LogP contribution in [0.15, 0.2) is 97.1 Å². The van der Waals surface area contributed by atoms with Crippen molar-refractivity contribution in [1.82, 2.24) is 21.3 Å². The highest BCUT2D eigenvalue weighted by atomic mass is 16.2. The molecule has 0 spiro atoms. The first-order chi connectivity index (χ1) is 23.9. The number of nitrogens with two attached hydrogens (primary N) is 1. The topological polar surface area (TPSA) is 177 Å². The van der Waals surface area contributed by atoms with Gasteiger partial charge in [0.05, 0.1) is 18.5 Å². The van der Waals surface area contributed by atoms with Crippen LogP contribution in [0.5, 0.6) is 0 Å². The zero-order valence-corrected chi connectivity index (χ0v) is 28.6. The van der Waals surface area contributed by atoms with Crippen molar-refractivity contribution in [2.45, 2.75) is 64.1 Å². The van der Waals surface area contributed by atoms with E-state index in [1.807, 2.05) is 111 Å². The number of carbonyl (C=O) groups excluding carboxylic acids is 6. The second-order valence-corrected chi connectivity index (χ2v) is 13.0. The van der Waals surface area contributed by atoms with Gasteiger partial charge in [0.25, 0.3) is 5.91 Å². The molecule has 0 saturated heterocycles. The number of hydrogen-bond donors (Lipinski definition) is 5. The fourth-order valence-electron chi connectivity index (χ4n) is 5.96. The highest BCUT2D eigenvalue weighted by Gasteiger charge is 2.33. The van der Waals surface area contributed by atoms with Gasteiger partial charge in [-0.05, 0) is 53.5 Å². The smallest absolute Gasteiger partial charge is 0.290 e. The third-order valence-electron chi connectivity index (χ3n) is 8.54. The minimum Gasteiger partial charge on any atom is -0.368 e. The molecule has 0 heterocycles. The zero-order chi connectivity index (χ0) is 36.2. The van der Waals surface area contributed by atoms with Crippen LogP contribution in [-0.4, -0.2) is 60.0 Å². The first-order valence-electron chi connectivity index (χ1n) is 16.8. The molecule has 4 rings (SSSR count). The number of hydrogen-bond acceptors (Lipinski definition) is 6. The van der Waals surface area contributed by atoms with Crippen molar-refractivity contribution in [3.63, 3.8) is 0 Å². The average molecular weight is 680 g/mol. The molecule has 5 atom stereocenters. The minimum atomic E-state index is -1.25. The van der Waals surface area contributed by atoms with Crippen molar-refractivity contribution >= 4 is 46.1 Å². The lowest BCUT2D eigenvalue weighted by Crippen LogP contribution is -2.54. The normalized spacial score (nSPS) is 16.1. The fraction of sp³-hybridized carbons (Fsp3) is 0.333. The summed E-state index contributed by atoms with van der Waals surface area (Å²) in [6, 6.07) is 19.4. The number of primary amides is 1. The molecule has 0 fully saturated rings. The largest absolute Gasteiger partial charge is 0.368 e. The Morgan fingerprint density at radius 2 is 1.48 bits per heavy atom. The third kappa shape index (κ3) is 10.5. The number of fused-ring (bicyclic) bond motifs is 1. The number of ketones is 1. The van der Waals surface area contributed by atoms with E-state index in [-0.39, 0.29) is 24.2 Å². The first kappa shape index (κ1) is 37.2. The molecule has 0 aliphatic heterocycles. The van der Waals surface area contributed by atoms with Gasteiger partial charge in [-0.1, -0.05) is 111 Å². The van der Waals surface area contributed by atoms with Crippen LogP contribution in [0.2, 0.25) is 0 Å². The van der Waals surface area contributed by atoms with Gasteiger partial charge in [0.15, 0.2) is 0 Å². The van der Waals surface area contributed by atoms with Gasteiger partial charge in [-0.25, -0.2) is 0 Å². The van der Waals surface area contributed by atoms with Crippen molar-refractivity contribution in [1.29, 1.82) is 0 Å². The highest BCUT2D eigenvalue weighted by Crippen LogP contribution is 2.31. The highest BCUT2D eigenvalue weighted by molar-refractivity contribution is 6.38. The Bertz CT molecular complexity index is 1770. The SMILES string of the molecule is CC(C)CC(NC(=O)C(c1ccccc1)C1C=CC=CC1)C(=O)NC(C)C(=O)C(=O)NCC(=O)NC(Cc1ccc2ccccc2c1)C(N)=O. The van der Waals surface area contributed by atoms with Crippen molar-refractivity contribution in [3.05, 3.63) is 108 Å². The molecule has 0 saturated carbocycles. The molecule has 1 aliphatic carbocycles. The molecule has 0 radical (unpaired) electrons. The van der Waals surface area contributed by atoms with Crippen molar-refractivity contribution in [2.24, 2.45) is 17.6 Å². The summed E-state index contributed by atoms with van der Waals surface area (Å²) in [4.78, 5) is 77.5. The van der Waals surface area contributed by atoms with Crippen molar-refractivity contribution < 1.29 is 28.8 Å². The molecule has 11 nitrogen and oxygen atoms in total. The lowest BCUT2D eigenvalue weighted by atomic mass is 9.81. The lowest BCUT2D eigenvalue weighted by Gasteiger charge is -2.28. The molecule has 0 aromatic heterocycles. The van der Waals surface area contributed by atoms with Crippen LogP contribution in [0.25, 0.3) is 10.8 Å². The van der Waals surface area contributed by atoms with Gasteiger partial charge >= 0.3 is 0 Å². The maximum atomic E-state index is 13.7. The summed E-state index contributed by atoms with van der Waals surface area (Å²) in [5.74, 6) is -5.10. The number of nitrogens with one attached hydrogen (secondary N) is 4. The molecule has 5 unspecified atom stereocenters. The standard InChI is InChI=1S/C39H45N5O6/c1-24(2)20-32(44-38(49)34(28-13-6-4-7-14-28)29-15-8-5-9-16-29)37(48)42-25(3)35(46)39(50)41-23-33(45)43-31(36(40)47)22-26-18-19-27-12-10-11-17-30(27)21-26/h4-15,17-19,21,24-25,29,31-32,34H,16,20,22-23H2,1-3H3,(H2,40,47)(H,41,50)(H,42,48)(H,43,45)(H,44,49). The molecule has 50 heavy (non-hydrogen) atoms. The molecule has 3 aromatic carbocycles.